The minimum absolute atomic E-state index is 0.00615. The van der Waals surface area contributed by atoms with Gasteiger partial charge in [0, 0.05) is 19.5 Å². The molecule has 4 nitrogen and oxygen atoms in total. The van der Waals surface area contributed by atoms with Crippen LogP contribution in [-0.4, -0.2) is 30.1 Å². The molecule has 20 heavy (non-hydrogen) atoms. The summed E-state index contributed by atoms with van der Waals surface area (Å²) in [6.07, 6.45) is 0.333. The number of hydrogen-bond donors (Lipinski definition) is 3. The highest BCUT2D eigenvalue weighted by atomic mass is 16.3. The molecular formula is C16H26N2O2. The number of carbonyl (C=O) groups is 1. The summed E-state index contributed by atoms with van der Waals surface area (Å²) in [5.41, 5.74) is 3.29. The molecule has 2 unspecified atom stereocenters. The van der Waals surface area contributed by atoms with Crippen molar-refractivity contribution in [1.82, 2.24) is 10.6 Å². The first kappa shape index (κ1) is 16.7. The van der Waals surface area contributed by atoms with Crippen LogP contribution >= 0.6 is 0 Å². The van der Waals surface area contributed by atoms with E-state index >= 15 is 0 Å². The van der Waals surface area contributed by atoms with E-state index in [1.165, 1.54) is 12.5 Å². The average Bonchev–Trinajstić information content (AvgIpc) is 2.37. The predicted octanol–water partition coefficient (Wildman–Crippen LogP) is 1.84. The fraction of sp³-hybridized carbons (Fsp3) is 0.562. The molecule has 4 heteroatoms. The van der Waals surface area contributed by atoms with Gasteiger partial charge in [-0.1, -0.05) is 23.8 Å². The molecule has 0 aliphatic heterocycles. The lowest BCUT2D eigenvalue weighted by molar-refractivity contribution is -0.118. The van der Waals surface area contributed by atoms with Crippen molar-refractivity contribution in [3.8, 4) is 0 Å². The monoisotopic (exact) mass is 278 g/mol. The van der Waals surface area contributed by atoms with Crippen LogP contribution < -0.4 is 10.6 Å². The van der Waals surface area contributed by atoms with Gasteiger partial charge in [0.05, 0.1) is 6.10 Å². The second-order valence-electron chi connectivity index (χ2n) is 5.38. The molecule has 112 valence electrons. The highest BCUT2D eigenvalue weighted by molar-refractivity contribution is 5.72. The molecule has 1 aromatic carbocycles. The summed E-state index contributed by atoms with van der Waals surface area (Å²) in [5, 5.41) is 16.4. The van der Waals surface area contributed by atoms with Crippen molar-refractivity contribution in [3.05, 3.63) is 34.9 Å². The summed E-state index contributed by atoms with van der Waals surface area (Å²) in [7, 11) is 0. The van der Waals surface area contributed by atoms with Gasteiger partial charge < -0.3 is 15.7 Å². The quantitative estimate of drug-likeness (QED) is 0.667. The zero-order valence-electron chi connectivity index (χ0n) is 12.9. The summed E-state index contributed by atoms with van der Waals surface area (Å²) >= 11 is 0. The highest BCUT2D eigenvalue weighted by Crippen LogP contribution is 2.21. The molecule has 0 aromatic heterocycles. The van der Waals surface area contributed by atoms with Gasteiger partial charge in [-0.15, -0.1) is 0 Å². The minimum Gasteiger partial charge on any atom is -0.387 e. The van der Waals surface area contributed by atoms with Gasteiger partial charge in [0.1, 0.15) is 0 Å². The third-order valence-electron chi connectivity index (χ3n) is 3.41. The van der Waals surface area contributed by atoms with Gasteiger partial charge >= 0.3 is 0 Å². The van der Waals surface area contributed by atoms with E-state index in [1.54, 1.807) is 0 Å². The van der Waals surface area contributed by atoms with Gasteiger partial charge in [-0.25, -0.2) is 0 Å². The average molecular weight is 278 g/mol. The molecule has 1 aromatic rings. The number of aliphatic hydroxyl groups excluding tert-OH is 1. The largest absolute Gasteiger partial charge is 0.387 e. The molecule has 0 radical (unpaired) electrons. The van der Waals surface area contributed by atoms with Gasteiger partial charge in [0.25, 0.3) is 0 Å². The fourth-order valence-corrected chi connectivity index (χ4v) is 2.22. The molecule has 0 aliphatic rings. The van der Waals surface area contributed by atoms with Crippen LogP contribution in [0, 0.1) is 13.8 Å². The van der Waals surface area contributed by atoms with E-state index in [2.05, 4.69) is 16.7 Å². The Morgan fingerprint density at radius 1 is 1.30 bits per heavy atom. The normalized spacial score (nSPS) is 13.8. The maximum atomic E-state index is 10.7. The zero-order valence-corrected chi connectivity index (χ0v) is 12.9. The van der Waals surface area contributed by atoms with Gasteiger partial charge in [-0.05, 0) is 44.9 Å². The zero-order chi connectivity index (χ0) is 15.1. The maximum absolute atomic E-state index is 10.7. The van der Waals surface area contributed by atoms with E-state index in [0.717, 1.165) is 24.1 Å². The van der Waals surface area contributed by atoms with Crippen molar-refractivity contribution in [3.63, 3.8) is 0 Å². The Balaban J connectivity index is 2.42. The first-order valence-corrected chi connectivity index (χ1v) is 7.15. The molecule has 0 saturated carbocycles. The van der Waals surface area contributed by atoms with E-state index < -0.39 is 6.10 Å². The smallest absolute Gasteiger partial charge is 0.216 e. The number of rotatable bonds is 7. The number of nitrogens with one attached hydrogen (secondary N) is 2. The SMILES string of the molecule is CC(=O)NCCCNC(C)C(O)c1ccc(C)cc1C. The number of carbonyl (C=O) groups excluding carboxylic acids is 1. The van der Waals surface area contributed by atoms with E-state index in [4.69, 9.17) is 0 Å². The van der Waals surface area contributed by atoms with Crippen LogP contribution in [0.3, 0.4) is 0 Å². The number of aryl methyl sites for hydroxylation is 2. The van der Waals surface area contributed by atoms with Gasteiger partial charge in [0.2, 0.25) is 5.91 Å². The predicted molar refractivity (Wildman–Crippen MR) is 81.6 cm³/mol. The second-order valence-corrected chi connectivity index (χ2v) is 5.38. The Labute approximate surface area is 121 Å². The first-order valence-electron chi connectivity index (χ1n) is 7.15. The Bertz CT molecular complexity index is 446. The highest BCUT2D eigenvalue weighted by Gasteiger charge is 2.17. The number of amides is 1. The van der Waals surface area contributed by atoms with E-state index in [9.17, 15) is 9.90 Å². The van der Waals surface area contributed by atoms with Crippen LogP contribution in [0.2, 0.25) is 0 Å². The van der Waals surface area contributed by atoms with Crippen LogP contribution in [0.25, 0.3) is 0 Å². The van der Waals surface area contributed by atoms with E-state index in [-0.39, 0.29) is 11.9 Å². The summed E-state index contributed by atoms with van der Waals surface area (Å²) in [4.78, 5) is 10.7. The van der Waals surface area contributed by atoms with Gasteiger partial charge in [-0.3, -0.25) is 4.79 Å². The Morgan fingerprint density at radius 3 is 2.60 bits per heavy atom. The van der Waals surface area contributed by atoms with Gasteiger partial charge in [0.15, 0.2) is 0 Å². The number of benzene rings is 1. The first-order chi connectivity index (χ1) is 9.41. The van der Waals surface area contributed by atoms with Crippen molar-refractivity contribution in [2.75, 3.05) is 13.1 Å². The lowest BCUT2D eigenvalue weighted by atomic mass is 9.97. The van der Waals surface area contributed by atoms with Crippen LogP contribution in [0.4, 0.5) is 0 Å². The molecule has 0 bridgehead atoms. The Kier molecular flexibility index (Phi) is 6.68. The van der Waals surface area contributed by atoms with Crippen LogP contribution in [0.15, 0.2) is 18.2 Å². The molecular weight excluding hydrogens is 252 g/mol. The summed E-state index contributed by atoms with van der Waals surface area (Å²) in [5.74, 6) is -0.00615. The molecule has 0 saturated heterocycles. The van der Waals surface area contributed by atoms with Crippen molar-refractivity contribution in [2.45, 2.75) is 46.3 Å². The summed E-state index contributed by atoms with van der Waals surface area (Å²) in [6, 6.07) is 6.08. The molecule has 0 spiro atoms. The second kappa shape index (κ2) is 8.02. The topological polar surface area (TPSA) is 61.4 Å². The number of hydrogen-bond acceptors (Lipinski definition) is 3. The van der Waals surface area contributed by atoms with Crippen molar-refractivity contribution < 1.29 is 9.90 Å². The van der Waals surface area contributed by atoms with Crippen molar-refractivity contribution in [2.24, 2.45) is 0 Å². The van der Waals surface area contributed by atoms with E-state index in [1.807, 2.05) is 32.9 Å². The fourth-order valence-electron chi connectivity index (χ4n) is 2.22. The molecule has 3 N–H and O–H groups in total. The molecule has 1 amide bonds. The van der Waals surface area contributed by atoms with Crippen LogP contribution in [0.1, 0.15) is 43.1 Å². The summed E-state index contributed by atoms with van der Waals surface area (Å²) < 4.78 is 0. The van der Waals surface area contributed by atoms with Crippen LogP contribution in [0.5, 0.6) is 0 Å². The van der Waals surface area contributed by atoms with Crippen molar-refractivity contribution >= 4 is 5.91 Å². The lowest BCUT2D eigenvalue weighted by Gasteiger charge is -2.22. The summed E-state index contributed by atoms with van der Waals surface area (Å²) in [6.45, 7) is 8.99. The lowest BCUT2D eigenvalue weighted by Crippen LogP contribution is -2.34. The molecule has 0 heterocycles. The van der Waals surface area contributed by atoms with Gasteiger partial charge in [-0.2, -0.15) is 0 Å². The third-order valence-corrected chi connectivity index (χ3v) is 3.41. The number of aliphatic hydroxyl groups is 1. The van der Waals surface area contributed by atoms with Crippen molar-refractivity contribution in [1.29, 1.82) is 0 Å². The minimum atomic E-state index is -0.517. The van der Waals surface area contributed by atoms with E-state index in [0.29, 0.717) is 6.54 Å². The maximum Gasteiger partial charge on any atom is 0.216 e. The third kappa shape index (κ3) is 5.31. The Hall–Kier alpha value is -1.39. The molecule has 0 aliphatic carbocycles. The van der Waals surface area contributed by atoms with Crippen LogP contribution in [-0.2, 0) is 4.79 Å². The molecule has 1 rings (SSSR count). The molecule has 0 fully saturated rings. The standard InChI is InChI=1S/C16H26N2O2/c1-11-6-7-15(12(2)10-11)16(20)13(3)17-8-5-9-18-14(4)19/h6-7,10,13,16-17,20H,5,8-9H2,1-4H3,(H,18,19). The Morgan fingerprint density at radius 2 is 2.00 bits per heavy atom. The molecule has 2 atom stereocenters.